The van der Waals surface area contributed by atoms with E-state index in [1.165, 1.54) is 5.56 Å². The van der Waals surface area contributed by atoms with Crippen LogP contribution < -0.4 is 5.32 Å². The summed E-state index contributed by atoms with van der Waals surface area (Å²) in [5.74, 6) is 0. The molecule has 0 atom stereocenters. The topological polar surface area (TPSA) is 21.3 Å². The van der Waals surface area contributed by atoms with Gasteiger partial charge in [0.15, 0.2) is 0 Å². The van der Waals surface area contributed by atoms with Gasteiger partial charge in [0.25, 0.3) is 0 Å². The van der Waals surface area contributed by atoms with Crippen LogP contribution in [0.4, 0.5) is 5.69 Å². The third-order valence-corrected chi connectivity index (χ3v) is 3.43. The number of ether oxygens (including phenoxy) is 1. The summed E-state index contributed by atoms with van der Waals surface area (Å²) in [5, 5.41) is 3.49. The van der Waals surface area contributed by atoms with E-state index in [2.05, 4.69) is 59.4 Å². The van der Waals surface area contributed by atoms with Gasteiger partial charge < -0.3 is 10.1 Å². The Kier molecular flexibility index (Phi) is 5.21. The zero-order valence-electron chi connectivity index (χ0n) is 11.9. The van der Waals surface area contributed by atoms with Crippen LogP contribution in [-0.4, -0.2) is 12.1 Å². The van der Waals surface area contributed by atoms with Gasteiger partial charge in [0.1, 0.15) is 0 Å². The van der Waals surface area contributed by atoms with Crippen molar-refractivity contribution in [2.75, 3.05) is 11.9 Å². The van der Waals surface area contributed by atoms with Crippen LogP contribution in [0, 0.1) is 0 Å². The maximum Gasteiger partial charge on any atom is 0.0718 e. The molecule has 0 aliphatic rings. The molecule has 0 saturated heterocycles. The van der Waals surface area contributed by atoms with Crippen LogP contribution in [-0.2, 0) is 11.3 Å². The van der Waals surface area contributed by atoms with Gasteiger partial charge in [-0.15, -0.1) is 0 Å². The first-order valence-electron chi connectivity index (χ1n) is 6.71. The average molecular weight is 334 g/mol. The number of anilines is 1. The summed E-state index contributed by atoms with van der Waals surface area (Å²) in [6.07, 6.45) is 0. The lowest BCUT2D eigenvalue weighted by molar-refractivity contribution is 0.0913. The Balaban J connectivity index is 1.83. The molecule has 0 saturated carbocycles. The van der Waals surface area contributed by atoms with Crippen molar-refractivity contribution in [3.8, 4) is 0 Å². The minimum absolute atomic E-state index is 0.109. The summed E-state index contributed by atoms with van der Waals surface area (Å²) in [6, 6.07) is 18.4. The Bertz CT molecular complexity index is 522. The highest BCUT2D eigenvalue weighted by atomic mass is 79.9. The number of nitrogens with one attached hydrogen (secondary N) is 1. The van der Waals surface area contributed by atoms with Gasteiger partial charge >= 0.3 is 0 Å². The number of halogens is 1. The average Bonchev–Trinajstić information content (AvgIpc) is 2.42. The molecule has 2 rings (SSSR count). The molecule has 3 heteroatoms. The predicted octanol–water partition coefficient (Wildman–Crippen LogP) is 4.86. The van der Waals surface area contributed by atoms with Crippen molar-refractivity contribution in [1.82, 2.24) is 0 Å². The highest BCUT2D eigenvalue weighted by Gasteiger charge is 2.17. The largest absolute Gasteiger partial charge is 0.378 e. The lowest BCUT2D eigenvalue weighted by Crippen LogP contribution is -2.36. The third kappa shape index (κ3) is 4.99. The number of benzene rings is 2. The molecule has 1 N–H and O–H groups in total. The molecule has 0 spiro atoms. The van der Waals surface area contributed by atoms with Crippen molar-refractivity contribution in [2.45, 2.75) is 26.0 Å². The van der Waals surface area contributed by atoms with Crippen LogP contribution in [0.25, 0.3) is 0 Å². The van der Waals surface area contributed by atoms with E-state index in [0.717, 1.165) is 10.2 Å². The standard InChI is InChI=1S/C17H20BrNO/c1-17(2,19-16-10-8-15(18)9-11-16)13-20-12-14-6-4-3-5-7-14/h3-11,19H,12-13H2,1-2H3. The molecule has 2 nitrogen and oxygen atoms in total. The highest BCUT2D eigenvalue weighted by molar-refractivity contribution is 9.10. The molecule has 0 radical (unpaired) electrons. The summed E-state index contributed by atoms with van der Waals surface area (Å²) in [5.41, 5.74) is 2.19. The van der Waals surface area contributed by atoms with E-state index in [1.807, 2.05) is 30.3 Å². The van der Waals surface area contributed by atoms with Gasteiger partial charge in [0.2, 0.25) is 0 Å². The second-order valence-electron chi connectivity index (χ2n) is 5.49. The Morgan fingerprint density at radius 2 is 1.65 bits per heavy atom. The molecule has 2 aromatic rings. The highest BCUT2D eigenvalue weighted by Crippen LogP contribution is 2.19. The molecular weight excluding hydrogens is 314 g/mol. The molecule has 0 aliphatic carbocycles. The minimum Gasteiger partial charge on any atom is -0.378 e. The van der Waals surface area contributed by atoms with Crippen molar-refractivity contribution in [3.05, 3.63) is 64.6 Å². The van der Waals surface area contributed by atoms with Crippen LogP contribution in [0.15, 0.2) is 59.1 Å². The van der Waals surface area contributed by atoms with Gasteiger partial charge in [-0.2, -0.15) is 0 Å². The van der Waals surface area contributed by atoms with Crippen LogP contribution in [0.1, 0.15) is 19.4 Å². The molecule has 0 aromatic heterocycles. The maximum absolute atomic E-state index is 5.81. The fraction of sp³-hybridized carbons (Fsp3) is 0.294. The summed E-state index contributed by atoms with van der Waals surface area (Å²) in [6.45, 7) is 5.57. The third-order valence-electron chi connectivity index (χ3n) is 2.90. The minimum atomic E-state index is -0.109. The molecular formula is C17H20BrNO. The Morgan fingerprint density at radius 1 is 1.00 bits per heavy atom. The van der Waals surface area contributed by atoms with Crippen molar-refractivity contribution in [1.29, 1.82) is 0 Å². The summed E-state index contributed by atoms with van der Waals surface area (Å²) in [7, 11) is 0. The number of hydrogen-bond acceptors (Lipinski definition) is 2. The van der Waals surface area contributed by atoms with E-state index in [4.69, 9.17) is 4.74 Å². The SMILES string of the molecule is CC(C)(COCc1ccccc1)Nc1ccc(Br)cc1. The van der Waals surface area contributed by atoms with Crippen LogP contribution >= 0.6 is 15.9 Å². The second-order valence-corrected chi connectivity index (χ2v) is 6.41. The molecule has 0 bridgehead atoms. The van der Waals surface area contributed by atoms with Gasteiger partial charge in [-0.3, -0.25) is 0 Å². The van der Waals surface area contributed by atoms with E-state index in [-0.39, 0.29) is 5.54 Å². The van der Waals surface area contributed by atoms with Crippen molar-refractivity contribution in [3.63, 3.8) is 0 Å². The predicted molar refractivity (Wildman–Crippen MR) is 87.9 cm³/mol. The second kappa shape index (κ2) is 6.91. The molecule has 20 heavy (non-hydrogen) atoms. The fourth-order valence-electron chi connectivity index (χ4n) is 1.96. The monoisotopic (exact) mass is 333 g/mol. The quantitative estimate of drug-likeness (QED) is 0.815. The Labute approximate surface area is 129 Å². The number of rotatable bonds is 6. The van der Waals surface area contributed by atoms with E-state index in [9.17, 15) is 0 Å². The first kappa shape index (κ1) is 15.1. The van der Waals surface area contributed by atoms with Crippen molar-refractivity contribution < 1.29 is 4.74 Å². The zero-order chi connectivity index (χ0) is 14.4. The Hall–Kier alpha value is -1.32. The molecule has 2 aromatic carbocycles. The molecule has 0 unspecified atom stereocenters. The van der Waals surface area contributed by atoms with Gasteiger partial charge in [0.05, 0.1) is 18.8 Å². The van der Waals surface area contributed by atoms with Crippen LogP contribution in [0.5, 0.6) is 0 Å². The van der Waals surface area contributed by atoms with Crippen molar-refractivity contribution >= 4 is 21.6 Å². The smallest absolute Gasteiger partial charge is 0.0718 e. The van der Waals surface area contributed by atoms with Crippen LogP contribution in [0.3, 0.4) is 0 Å². The lowest BCUT2D eigenvalue weighted by Gasteiger charge is -2.27. The molecule has 0 aliphatic heterocycles. The summed E-state index contributed by atoms with van der Waals surface area (Å²) in [4.78, 5) is 0. The first-order chi connectivity index (χ1) is 9.55. The first-order valence-corrected chi connectivity index (χ1v) is 7.50. The summed E-state index contributed by atoms with van der Waals surface area (Å²) < 4.78 is 6.89. The zero-order valence-corrected chi connectivity index (χ0v) is 13.5. The normalized spacial score (nSPS) is 11.3. The fourth-order valence-corrected chi connectivity index (χ4v) is 2.22. The van der Waals surface area contributed by atoms with Crippen molar-refractivity contribution in [2.24, 2.45) is 0 Å². The van der Waals surface area contributed by atoms with Gasteiger partial charge in [-0.05, 0) is 43.7 Å². The number of hydrogen-bond donors (Lipinski definition) is 1. The van der Waals surface area contributed by atoms with Gasteiger partial charge in [-0.1, -0.05) is 46.3 Å². The molecule has 106 valence electrons. The Morgan fingerprint density at radius 3 is 2.30 bits per heavy atom. The lowest BCUT2D eigenvalue weighted by atomic mass is 10.1. The molecule has 0 amide bonds. The van der Waals surface area contributed by atoms with Crippen LogP contribution in [0.2, 0.25) is 0 Å². The molecule has 0 heterocycles. The van der Waals surface area contributed by atoms with E-state index in [1.54, 1.807) is 0 Å². The molecule has 0 fully saturated rings. The van der Waals surface area contributed by atoms with E-state index < -0.39 is 0 Å². The summed E-state index contributed by atoms with van der Waals surface area (Å²) >= 11 is 3.44. The van der Waals surface area contributed by atoms with E-state index in [0.29, 0.717) is 13.2 Å². The van der Waals surface area contributed by atoms with E-state index >= 15 is 0 Å². The van der Waals surface area contributed by atoms with Gasteiger partial charge in [0, 0.05) is 10.2 Å². The van der Waals surface area contributed by atoms with Gasteiger partial charge in [-0.25, -0.2) is 0 Å². The maximum atomic E-state index is 5.81.